The van der Waals surface area contributed by atoms with Gasteiger partial charge in [-0.25, -0.2) is 0 Å². The fourth-order valence-electron chi connectivity index (χ4n) is 3.99. The van der Waals surface area contributed by atoms with Gasteiger partial charge in [0.2, 0.25) is 5.91 Å². The summed E-state index contributed by atoms with van der Waals surface area (Å²) >= 11 is 0. The molecule has 0 saturated carbocycles. The first-order chi connectivity index (χ1) is 13.4. The number of hydrogen-bond donors (Lipinski definition) is 2. The second-order valence-corrected chi connectivity index (χ2v) is 7.31. The van der Waals surface area contributed by atoms with Crippen molar-refractivity contribution in [2.45, 2.75) is 39.4 Å². The minimum absolute atomic E-state index is 0.0107. The van der Waals surface area contributed by atoms with Gasteiger partial charge < -0.3 is 15.6 Å². The van der Waals surface area contributed by atoms with Crippen LogP contribution in [0.2, 0.25) is 0 Å². The Kier molecular flexibility index (Phi) is 5.94. The number of nitrogens with one attached hydrogen (secondary N) is 1. The summed E-state index contributed by atoms with van der Waals surface area (Å²) in [5.41, 5.74) is 8.36. The van der Waals surface area contributed by atoms with E-state index in [4.69, 9.17) is 5.73 Å². The lowest BCUT2D eigenvalue weighted by Crippen LogP contribution is -2.39. The molecule has 1 aliphatic rings. The molecule has 3 N–H and O–H groups in total. The molecule has 3 rings (SSSR count). The number of nitrogens with zero attached hydrogens (tertiary/aromatic N) is 2. The van der Waals surface area contributed by atoms with Gasteiger partial charge >= 0.3 is 0 Å². The molecule has 1 atom stereocenters. The third kappa shape index (κ3) is 4.14. The summed E-state index contributed by atoms with van der Waals surface area (Å²) < 4.78 is 1.56. The summed E-state index contributed by atoms with van der Waals surface area (Å²) in [5.74, 6) is -0.770. The van der Waals surface area contributed by atoms with E-state index in [1.165, 1.54) is 5.56 Å². The Bertz CT molecular complexity index is 889. The van der Waals surface area contributed by atoms with Gasteiger partial charge in [0.1, 0.15) is 6.54 Å². The van der Waals surface area contributed by atoms with E-state index in [-0.39, 0.29) is 18.5 Å². The SMILES string of the molecule is Cc1c(C(N)=O)c(C)n(CC(=O)NC2CCN(Cc3ccccc3)C2)c1C=O. The molecule has 148 valence electrons. The van der Waals surface area contributed by atoms with Crippen LogP contribution in [0, 0.1) is 13.8 Å². The van der Waals surface area contributed by atoms with Crippen molar-refractivity contribution < 1.29 is 14.4 Å². The van der Waals surface area contributed by atoms with Crippen molar-refractivity contribution in [3.05, 3.63) is 58.4 Å². The van der Waals surface area contributed by atoms with Crippen LogP contribution >= 0.6 is 0 Å². The van der Waals surface area contributed by atoms with Crippen LogP contribution in [-0.2, 0) is 17.9 Å². The summed E-state index contributed by atoms with van der Waals surface area (Å²) in [6.45, 7) is 5.93. The Morgan fingerprint density at radius 2 is 1.96 bits per heavy atom. The monoisotopic (exact) mass is 382 g/mol. The number of carbonyl (C=O) groups excluding carboxylic acids is 3. The lowest BCUT2D eigenvalue weighted by Gasteiger charge is -2.17. The van der Waals surface area contributed by atoms with Gasteiger partial charge in [0.15, 0.2) is 6.29 Å². The molecule has 2 amide bonds. The fraction of sp³-hybridized carbons (Fsp3) is 0.381. The Morgan fingerprint density at radius 3 is 2.61 bits per heavy atom. The standard InChI is InChI=1S/C21H26N4O3/c1-14-18(13-26)25(15(2)20(14)21(22)28)12-19(27)23-17-8-9-24(11-17)10-16-6-4-3-5-7-16/h3-7,13,17H,8-12H2,1-2H3,(H2,22,28)(H,23,27). The number of aldehydes is 1. The zero-order valence-electron chi connectivity index (χ0n) is 16.3. The van der Waals surface area contributed by atoms with Crippen molar-refractivity contribution in [2.75, 3.05) is 13.1 Å². The van der Waals surface area contributed by atoms with Crippen LogP contribution in [-0.4, -0.2) is 46.7 Å². The van der Waals surface area contributed by atoms with Crippen molar-refractivity contribution in [1.29, 1.82) is 0 Å². The summed E-state index contributed by atoms with van der Waals surface area (Å²) in [4.78, 5) is 38.0. The normalized spacial score (nSPS) is 16.9. The van der Waals surface area contributed by atoms with Gasteiger partial charge in [-0.15, -0.1) is 0 Å². The molecule has 0 radical (unpaired) electrons. The van der Waals surface area contributed by atoms with E-state index in [1.54, 1.807) is 18.4 Å². The van der Waals surface area contributed by atoms with E-state index in [0.717, 1.165) is 26.1 Å². The van der Waals surface area contributed by atoms with Crippen LogP contribution in [0.5, 0.6) is 0 Å². The van der Waals surface area contributed by atoms with Crippen molar-refractivity contribution in [1.82, 2.24) is 14.8 Å². The maximum atomic E-state index is 12.6. The van der Waals surface area contributed by atoms with Gasteiger partial charge in [0.05, 0.1) is 11.3 Å². The molecular formula is C21H26N4O3. The van der Waals surface area contributed by atoms with Crippen molar-refractivity contribution in [2.24, 2.45) is 5.73 Å². The van der Waals surface area contributed by atoms with Crippen molar-refractivity contribution in [3.63, 3.8) is 0 Å². The average Bonchev–Trinajstić information content (AvgIpc) is 3.17. The first-order valence-corrected chi connectivity index (χ1v) is 9.41. The zero-order valence-corrected chi connectivity index (χ0v) is 16.3. The van der Waals surface area contributed by atoms with E-state index >= 15 is 0 Å². The molecular weight excluding hydrogens is 356 g/mol. The molecule has 1 aromatic heterocycles. The molecule has 1 fully saturated rings. The van der Waals surface area contributed by atoms with Crippen LogP contribution in [0.3, 0.4) is 0 Å². The summed E-state index contributed by atoms with van der Waals surface area (Å²) in [5, 5.41) is 3.05. The van der Waals surface area contributed by atoms with E-state index in [1.807, 2.05) is 18.2 Å². The molecule has 1 saturated heterocycles. The topological polar surface area (TPSA) is 97.4 Å². The molecule has 0 aliphatic carbocycles. The number of amides is 2. The lowest BCUT2D eigenvalue weighted by atomic mass is 10.1. The quantitative estimate of drug-likeness (QED) is 0.708. The number of rotatable bonds is 7. The third-order valence-corrected chi connectivity index (χ3v) is 5.36. The molecule has 0 bridgehead atoms. The van der Waals surface area contributed by atoms with Crippen LogP contribution in [0.1, 0.15) is 44.1 Å². The molecule has 0 spiro atoms. The number of carbonyl (C=O) groups is 3. The molecule has 7 nitrogen and oxygen atoms in total. The Balaban J connectivity index is 1.61. The van der Waals surface area contributed by atoms with Gasteiger partial charge in [0, 0.05) is 31.4 Å². The molecule has 28 heavy (non-hydrogen) atoms. The van der Waals surface area contributed by atoms with Crippen LogP contribution in [0.25, 0.3) is 0 Å². The van der Waals surface area contributed by atoms with E-state index in [2.05, 4.69) is 22.3 Å². The van der Waals surface area contributed by atoms with Crippen LogP contribution < -0.4 is 11.1 Å². The van der Waals surface area contributed by atoms with Crippen LogP contribution in [0.15, 0.2) is 30.3 Å². The average molecular weight is 382 g/mol. The number of nitrogens with two attached hydrogens (primary N) is 1. The Hall–Kier alpha value is -2.93. The lowest BCUT2D eigenvalue weighted by molar-refractivity contribution is -0.122. The second kappa shape index (κ2) is 8.39. The van der Waals surface area contributed by atoms with Crippen molar-refractivity contribution in [3.8, 4) is 0 Å². The first-order valence-electron chi connectivity index (χ1n) is 9.41. The fourth-order valence-corrected chi connectivity index (χ4v) is 3.99. The highest BCUT2D eigenvalue weighted by Gasteiger charge is 2.26. The molecule has 1 aromatic carbocycles. The van der Waals surface area contributed by atoms with Crippen LogP contribution in [0.4, 0.5) is 0 Å². The number of likely N-dealkylation sites (tertiary alicyclic amines) is 1. The van der Waals surface area contributed by atoms with E-state index in [9.17, 15) is 14.4 Å². The first kappa shape index (κ1) is 19.8. The number of primary amides is 1. The van der Waals surface area contributed by atoms with Gasteiger partial charge in [0.25, 0.3) is 5.91 Å². The molecule has 2 heterocycles. The summed E-state index contributed by atoms with van der Waals surface area (Å²) in [6, 6.07) is 10.3. The van der Waals surface area contributed by atoms with E-state index in [0.29, 0.717) is 28.8 Å². The highest BCUT2D eigenvalue weighted by molar-refractivity contribution is 5.98. The van der Waals surface area contributed by atoms with Gasteiger partial charge in [-0.2, -0.15) is 0 Å². The summed E-state index contributed by atoms with van der Waals surface area (Å²) in [7, 11) is 0. The minimum Gasteiger partial charge on any atom is -0.366 e. The summed E-state index contributed by atoms with van der Waals surface area (Å²) in [6.07, 6.45) is 1.55. The van der Waals surface area contributed by atoms with Gasteiger partial charge in [-0.1, -0.05) is 30.3 Å². The molecule has 1 unspecified atom stereocenters. The van der Waals surface area contributed by atoms with Crippen molar-refractivity contribution >= 4 is 18.1 Å². The second-order valence-electron chi connectivity index (χ2n) is 7.31. The number of hydrogen-bond acceptors (Lipinski definition) is 4. The van der Waals surface area contributed by atoms with Gasteiger partial charge in [-0.05, 0) is 31.4 Å². The van der Waals surface area contributed by atoms with E-state index < -0.39 is 5.91 Å². The Labute approximate surface area is 164 Å². The minimum atomic E-state index is -0.593. The zero-order chi connectivity index (χ0) is 20.3. The number of aromatic nitrogens is 1. The third-order valence-electron chi connectivity index (χ3n) is 5.36. The number of benzene rings is 1. The van der Waals surface area contributed by atoms with Gasteiger partial charge in [-0.3, -0.25) is 19.3 Å². The highest BCUT2D eigenvalue weighted by Crippen LogP contribution is 2.21. The maximum absolute atomic E-state index is 12.6. The Morgan fingerprint density at radius 1 is 1.25 bits per heavy atom. The molecule has 7 heteroatoms. The predicted molar refractivity (Wildman–Crippen MR) is 106 cm³/mol. The molecule has 2 aromatic rings. The largest absolute Gasteiger partial charge is 0.366 e. The predicted octanol–water partition coefficient (Wildman–Crippen LogP) is 1.41. The maximum Gasteiger partial charge on any atom is 0.250 e. The molecule has 1 aliphatic heterocycles. The highest BCUT2D eigenvalue weighted by atomic mass is 16.2. The smallest absolute Gasteiger partial charge is 0.250 e.